The molecule has 0 bridgehead atoms. The topological polar surface area (TPSA) is 20.2 Å². The summed E-state index contributed by atoms with van der Waals surface area (Å²) in [6, 6.07) is 0. The summed E-state index contributed by atoms with van der Waals surface area (Å²) in [5.74, 6) is 2.21. The van der Waals surface area contributed by atoms with Gasteiger partial charge < -0.3 is 5.11 Å². The molecule has 0 fully saturated rings. The smallest absolute Gasteiger partial charge is 0.0594 e. The van der Waals surface area contributed by atoms with E-state index >= 15 is 0 Å². The van der Waals surface area contributed by atoms with Crippen molar-refractivity contribution in [2.45, 2.75) is 72.8 Å². The number of rotatable bonds is 7. The van der Waals surface area contributed by atoms with E-state index in [4.69, 9.17) is 0 Å². The molecule has 0 aliphatic carbocycles. The van der Waals surface area contributed by atoms with Crippen LogP contribution in [0.5, 0.6) is 0 Å². The van der Waals surface area contributed by atoms with Crippen molar-refractivity contribution in [3.05, 3.63) is 0 Å². The summed E-state index contributed by atoms with van der Waals surface area (Å²) in [6.07, 6.45) is 4.68. The van der Waals surface area contributed by atoms with Gasteiger partial charge in [-0.15, -0.1) is 0 Å². The fraction of sp³-hybridized carbons (Fsp3) is 1.00. The van der Waals surface area contributed by atoms with Crippen LogP contribution < -0.4 is 0 Å². The first-order chi connectivity index (χ1) is 6.76. The zero-order chi connectivity index (χ0) is 12.1. The van der Waals surface area contributed by atoms with Crippen LogP contribution in [0, 0.1) is 17.8 Å². The fourth-order valence-electron chi connectivity index (χ4n) is 2.22. The Morgan fingerprint density at radius 1 is 1.13 bits per heavy atom. The average Bonchev–Trinajstić information content (AvgIpc) is 2.00. The van der Waals surface area contributed by atoms with E-state index in [-0.39, 0.29) is 0 Å². The van der Waals surface area contributed by atoms with Crippen LogP contribution in [0.4, 0.5) is 0 Å². The van der Waals surface area contributed by atoms with E-state index in [1.165, 1.54) is 19.3 Å². The van der Waals surface area contributed by atoms with Gasteiger partial charge in [-0.3, -0.25) is 0 Å². The summed E-state index contributed by atoms with van der Waals surface area (Å²) in [5.41, 5.74) is -0.503. The van der Waals surface area contributed by atoms with Crippen molar-refractivity contribution in [1.82, 2.24) is 0 Å². The normalized spacial score (nSPS) is 16.8. The highest BCUT2D eigenvalue weighted by molar-refractivity contribution is 4.74. The lowest BCUT2D eigenvalue weighted by atomic mass is 9.81. The van der Waals surface area contributed by atoms with Crippen LogP contribution in [0.3, 0.4) is 0 Å². The SMILES string of the molecule is CCCC(CC(C)C(C)C)CC(C)(C)O. The molecule has 0 radical (unpaired) electrons. The molecular formula is C14H30O. The third-order valence-electron chi connectivity index (χ3n) is 3.33. The number of hydrogen-bond acceptors (Lipinski definition) is 1. The third kappa shape index (κ3) is 7.84. The predicted molar refractivity (Wildman–Crippen MR) is 67.9 cm³/mol. The highest BCUT2D eigenvalue weighted by atomic mass is 16.3. The predicted octanol–water partition coefficient (Wildman–Crippen LogP) is 4.25. The van der Waals surface area contributed by atoms with Crippen molar-refractivity contribution < 1.29 is 5.11 Å². The van der Waals surface area contributed by atoms with E-state index in [2.05, 4.69) is 27.7 Å². The molecule has 1 heteroatoms. The summed E-state index contributed by atoms with van der Waals surface area (Å²) in [5, 5.41) is 9.87. The summed E-state index contributed by atoms with van der Waals surface area (Å²) in [7, 11) is 0. The Morgan fingerprint density at radius 3 is 2.00 bits per heavy atom. The molecule has 0 aromatic heterocycles. The van der Waals surface area contributed by atoms with Crippen LogP contribution in [0.2, 0.25) is 0 Å². The first kappa shape index (κ1) is 15.0. The van der Waals surface area contributed by atoms with Crippen LogP contribution in [-0.2, 0) is 0 Å². The summed E-state index contributed by atoms with van der Waals surface area (Å²) in [4.78, 5) is 0. The van der Waals surface area contributed by atoms with E-state index in [9.17, 15) is 5.11 Å². The van der Waals surface area contributed by atoms with Crippen LogP contribution in [-0.4, -0.2) is 10.7 Å². The molecule has 0 amide bonds. The molecule has 0 aliphatic heterocycles. The number of hydrogen-bond donors (Lipinski definition) is 1. The molecule has 0 saturated carbocycles. The van der Waals surface area contributed by atoms with Gasteiger partial charge >= 0.3 is 0 Å². The van der Waals surface area contributed by atoms with Crippen molar-refractivity contribution >= 4 is 0 Å². The molecule has 92 valence electrons. The van der Waals surface area contributed by atoms with Crippen molar-refractivity contribution in [1.29, 1.82) is 0 Å². The molecule has 0 aromatic carbocycles. The Bertz CT molecular complexity index is 155. The van der Waals surface area contributed by atoms with E-state index in [1.54, 1.807) is 0 Å². The summed E-state index contributed by atoms with van der Waals surface area (Å²) in [6.45, 7) is 13.0. The van der Waals surface area contributed by atoms with Crippen molar-refractivity contribution in [3.8, 4) is 0 Å². The van der Waals surface area contributed by atoms with Crippen molar-refractivity contribution in [2.24, 2.45) is 17.8 Å². The molecule has 0 spiro atoms. The second kappa shape index (κ2) is 6.52. The first-order valence-electron chi connectivity index (χ1n) is 6.48. The Balaban J connectivity index is 4.15. The second-order valence-electron chi connectivity index (χ2n) is 6.13. The number of aliphatic hydroxyl groups is 1. The van der Waals surface area contributed by atoms with Gasteiger partial charge in [-0.2, -0.15) is 0 Å². The fourth-order valence-corrected chi connectivity index (χ4v) is 2.22. The molecular weight excluding hydrogens is 184 g/mol. The minimum absolute atomic E-state index is 0.503. The Hall–Kier alpha value is -0.0400. The molecule has 0 saturated heterocycles. The summed E-state index contributed by atoms with van der Waals surface area (Å²) < 4.78 is 0. The van der Waals surface area contributed by atoms with Crippen LogP contribution in [0.15, 0.2) is 0 Å². The van der Waals surface area contributed by atoms with Crippen LogP contribution >= 0.6 is 0 Å². The third-order valence-corrected chi connectivity index (χ3v) is 3.33. The molecule has 0 rings (SSSR count). The van der Waals surface area contributed by atoms with Crippen LogP contribution in [0.1, 0.15) is 67.2 Å². The lowest BCUT2D eigenvalue weighted by Gasteiger charge is -2.28. The highest BCUT2D eigenvalue weighted by Crippen LogP contribution is 2.29. The van der Waals surface area contributed by atoms with Crippen molar-refractivity contribution in [2.75, 3.05) is 0 Å². The van der Waals surface area contributed by atoms with Gasteiger partial charge in [0.2, 0.25) is 0 Å². The van der Waals surface area contributed by atoms with Gasteiger partial charge in [0.1, 0.15) is 0 Å². The zero-order valence-electron chi connectivity index (χ0n) is 11.5. The van der Waals surface area contributed by atoms with Crippen LogP contribution in [0.25, 0.3) is 0 Å². The summed E-state index contributed by atoms with van der Waals surface area (Å²) >= 11 is 0. The Labute approximate surface area is 96.3 Å². The molecule has 2 unspecified atom stereocenters. The standard InChI is InChI=1S/C14H30O/c1-7-8-13(10-14(5,6)15)9-12(4)11(2)3/h11-13,15H,7-10H2,1-6H3. The van der Waals surface area contributed by atoms with E-state index in [0.29, 0.717) is 5.92 Å². The van der Waals surface area contributed by atoms with E-state index in [0.717, 1.165) is 18.3 Å². The van der Waals surface area contributed by atoms with Gasteiger partial charge in [0.25, 0.3) is 0 Å². The maximum atomic E-state index is 9.87. The maximum Gasteiger partial charge on any atom is 0.0594 e. The molecule has 1 N–H and O–H groups in total. The zero-order valence-corrected chi connectivity index (χ0v) is 11.5. The molecule has 15 heavy (non-hydrogen) atoms. The lowest BCUT2D eigenvalue weighted by molar-refractivity contribution is 0.0453. The Morgan fingerprint density at radius 2 is 1.67 bits per heavy atom. The minimum atomic E-state index is -0.503. The molecule has 2 atom stereocenters. The van der Waals surface area contributed by atoms with Gasteiger partial charge in [-0.05, 0) is 44.4 Å². The van der Waals surface area contributed by atoms with Gasteiger partial charge in [0.15, 0.2) is 0 Å². The monoisotopic (exact) mass is 214 g/mol. The molecule has 1 nitrogen and oxygen atoms in total. The van der Waals surface area contributed by atoms with Crippen molar-refractivity contribution in [3.63, 3.8) is 0 Å². The van der Waals surface area contributed by atoms with Gasteiger partial charge in [-0.25, -0.2) is 0 Å². The van der Waals surface area contributed by atoms with Gasteiger partial charge in [0.05, 0.1) is 5.60 Å². The highest BCUT2D eigenvalue weighted by Gasteiger charge is 2.22. The second-order valence-corrected chi connectivity index (χ2v) is 6.13. The van der Waals surface area contributed by atoms with Gasteiger partial charge in [0, 0.05) is 0 Å². The van der Waals surface area contributed by atoms with E-state index in [1.807, 2.05) is 13.8 Å². The maximum absolute atomic E-state index is 9.87. The van der Waals surface area contributed by atoms with E-state index < -0.39 is 5.60 Å². The van der Waals surface area contributed by atoms with Gasteiger partial charge in [-0.1, -0.05) is 40.5 Å². The minimum Gasteiger partial charge on any atom is -0.390 e. The average molecular weight is 214 g/mol. The Kier molecular flexibility index (Phi) is 6.51. The molecule has 0 heterocycles. The largest absolute Gasteiger partial charge is 0.390 e. The lowest BCUT2D eigenvalue weighted by Crippen LogP contribution is -2.25. The molecule has 0 aromatic rings. The molecule has 0 aliphatic rings. The first-order valence-corrected chi connectivity index (χ1v) is 6.48. The quantitative estimate of drug-likeness (QED) is 0.672.